The Morgan fingerprint density at radius 2 is 1.74 bits per heavy atom. The molecular formula is C32H36F2N6O3. The van der Waals surface area contributed by atoms with Crippen LogP contribution in [0.25, 0.3) is 33.4 Å². The van der Waals surface area contributed by atoms with E-state index in [4.69, 9.17) is 14.5 Å². The molecule has 2 aromatic heterocycles. The maximum atomic E-state index is 15.2. The van der Waals surface area contributed by atoms with Gasteiger partial charge < -0.3 is 14.4 Å². The highest BCUT2D eigenvalue weighted by Gasteiger charge is 2.28. The zero-order valence-corrected chi connectivity index (χ0v) is 24.7. The fraction of sp³-hybridized carbons (Fsp3) is 0.438. The van der Waals surface area contributed by atoms with E-state index in [1.165, 1.54) is 12.1 Å². The number of benzene rings is 2. The van der Waals surface area contributed by atoms with Crippen molar-refractivity contribution >= 4 is 17.1 Å². The third-order valence-corrected chi connectivity index (χ3v) is 7.90. The van der Waals surface area contributed by atoms with Gasteiger partial charge in [-0.1, -0.05) is 12.1 Å². The van der Waals surface area contributed by atoms with Crippen molar-refractivity contribution in [3.8, 4) is 22.4 Å². The molecule has 0 atom stereocenters. The fourth-order valence-corrected chi connectivity index (χ4v) is 5.61. The van der Waals surface area contributed by atoms with E-state index >= 15 is 8.78 Å². The third kappa shape index (κ3) is 6.52. The molecule has 1 amide bonds. The van der Waals surface area contributed by atoms with Crippen LogP contribution in [0.4, 0.5) is 13.6 Å². The molecule has 226 valence electrons. The number of carbonyl (C=O) groups is 1. The van der Waals surface area contributed by atoms with Crippen LogP contribution < -0.4 is 0 Å². The molecule has 4 heterocycles. The molecule has 2 fully saturated rings. The highest BCUT2D eigenvalue weighted by atomic mass is 19.1. The van der Waals surface area contributed by atoms with Crippen LogP contribution in [0, 0.1) is 11.6 Å². The van der Waals surface area contributed by atoms with Crippen molar-refractivity contribution in [1.29, 1.82) is 0 Å². The molecule has 4 aromatic rings. The number of rotatable bonds is 5. The lowest BCUT2D eigenvalue weighted by molar-refractivity contribution is 0.0184. The SMILES string of the molecule is CC(C)(C)OC(=O)N1CCC(n2cc(-c3cnc4cccc(-c5cc(F)c(CN6CCOCC6)c(F)c5)c4n3)cn2)CC1. The number of para-hydroxylation sites is 1. The highest BCUT2D eigenvalue weighted by molar-refractivity contribution is 5.92. The van der Waals surface area contributed by atoms with Gasteiger partial charge in [-0.05, 0) is 57.4 Å². The van der Waals surface area contributed by atoms with E-state index in [0.29, 0.717) is 67.2 Å². The van der Waals surface area contributed by atoms with Crippen LogP contribution in [0.5, 0.6) is 0 Å². The van der Waals surface area contributed by atoms with Crippen molar-refractivity contribution in [3.63, 3.8) is 0 Å². The number of morpholine rings is 1. The summed E-state index contributed by atoms with van der Waals surface area (Å²) in [7, 11) is 0. The van der Waals surface area contributed by atoms with Gasteiger partial charge >= 0.3 is 6.09 Å². The minimum Gasteiger partial charge on any atom is -0.444 e. The zero-order chi connectivity index (χ0) is 30.1. The number of halogens is 2. The van der Waals surface area contributed by atoms with E-state index in [-0.39, 0.29) is 24.2 Å². The number of hydrogen-bond acceptors (Lipinski definition) is 7. The van der Waals surface area contributed by atoms with Gasteiger partial charge in [-0.15, -0.1) is 0 Å². The number of amides is 1. The van der Waals surface area contributed by atoms with Gasteiger partial charge in [0.05, 0.1) is 48.4 Å². The van der Waals surface area contributed by atoms with E-state index < -0.39 is 17.2 Å². The molecule has 0 bridgehead atoms. The largest absolute Gasteiger partial charge is 0.444 e. The number of hydrogen-bond donors (Lipinski definition) is 0. The van der Waals surface area contributed by atoms with Crippen molar-refractivity contribution in [2.45, 2.75) is 51.8 Å². The molecular weight excluding hydrogens is 554 g/mol. The topological polar surface area (TPSA) is 85.6 Å². The second kappa shape index (κ2) is 12.0. The zero-order valence-electron chi connectivity index (χ0n) is 24.7. The Balaban J connectivity index is 1.21. The van der Waals surface area contributed by atoms with Crippen LogP contribution in [0.3, 0.4) is 0 Å². The van der Waals surface area contributed by atoms with Crippen molar-refractivity contribution in [3.05, 3.63) is 66.1 Å². The number of piperidine rings is 1. The Labute approximate surface area is 249 Å². The number of carbonyl (C=O) groups excluding carboxylic acids is 1. The van der Waals surface area contributed by atoms with Crippen LogP contribution >= 0.6 is 0 Å². The third-order valence-electron chi connectivity index (χ3n) is 7.90. The predicted octanol–water partition coefficient (Wildman–Crippen LogP) is 5.84. The van der Waals surface area contributed by atoms with Gasteiger partial charge in [0.25, 0.3) is 0 Å². The maximum Gasteiger partial charge on any atom is 0.410 e. The van der Waals surface area contributed by atoms with E-state index in [0.717, 1.165) is 18.4 Å². The second-order valence-corrected chi connectivity index (χ2v) is 12.1. The van der Waals surface area contributed by atoms with Gasteiger partial charge in [-0.3, -0.25) is 14.6 Å². The average molecular weight is 591 g/mol. The van der Waals surface area contributed by atoms with Gasteiger partial charge in [0, 0.05) is 55.6 Å². The first-order valence-corrected chi connectivity index (χ1v) is 14.7. The molecule has 0 radical (unpaired) electrons. The summed E-state index contributed by atoms with van der Waals surface area (Å²) in [5.41, 5.74) is 3.12. The van der Waals surface area contributed by atoms with Crippen LogP contribution in [0.2, 0.25) is 0 Å². The molecule has 0 spiro atoms. The summed E-state index contributed by atoms with van der Waals surface area (Å²) in [6.07, 6.45) is 6.59. The number of nitrogens with zero attached hydrogens (tertiary/aromatic N) is 6. The van der Waals surface area contributed by atoms with Crippen molar-refractivity contribution < 1.29 is 23.0 Å². The summed E-state index contributed by atoms with van der Waals surface area (Å²) in [6.45, 7) is 9.37. The monoisotopic (exact) mass is 590 g/mol. The number of likely N-dealkylation sites (tertiary alicyclic amines) is 1. The van der Waals surface area contributed by atoms with Gasteiger partial charge in [-0.2, -0.15) is 5.10 Å². The number of fused-ring (bicyclic) bond motifs is 1. The summed E-state index contributed by atoms with van der Waals surface area (Å²) in [5.74, 6) is -1.16. The molecule has 6 rings (SSSR count). The van der Waals surface area contributed by atoms with Crippen LogP contribution in [0.1, 0.15) is 45.2 Å². The minimum atomic E-state index is -0.582. The molecule has 2 aliphatic heterocycles. The Bertz CT molecular complexity index is 1600. The number of ether oxygens (including phenoxy) is 2. The van der Waals surface area contributed by atoms with E-state index in [2.05, 4.69) is 10.1 Å². The van der Waals surface area contributed by atoms with Crippen LogP contribution in [0.15, 0.2) is 48.9 Å². The van der Waals surface area contributed by atoms with Crippen molar-refractivity contribution in [2.75, 3.05) is 39.4 Å². The van der Waals surface area contributed by atoms with Crippen LogP contribution in [-0.4, -0.2) is 80.6 Å². The first kappa shape index (κ1) is 29.1. The van der Waals surface area contributed by atoms with E-state index in [1.54, 1.807) is 23.4 Å². The molecule has 0 aliphatic carbocycles. The molecule has 0 N–H and O–H groups in total. The lowest BCUT2D eigenvalue weighted by Crippen LogP contribution is -2.42. The van der Waals surface area contributed by atoms with Gasteiger partial charge in [0.2, 0.25) is 0 Å². The van der Waals surface area contributed by atoms with E-state index in [9.17, 15) is 4.79 Å². The first-order chi connectivity index (χ1) is 20.6. The fourth-order valence-electron chi connectivity index (χ4n) is 5.61. The van der Waals surface area contributed by atoms with Gasteiger partial charge in [0.1, 0.15) is 17.2 Å². The standard InChI is InChI=1S/C32H36F2N6O3/c1-32(2,3)43-31(41)39-9-7-23(8-10-39)40-19-22(17-36-40)29-18-35-28-6-4-5-24(30(28)37-29)21-15-26(33)25(27(34)16-21)20-38-11-13-42-14-12-38/h4-6,15-19,23H,7-14,20H2,1-3H3. The van der Waals surface area contributed by atoms with Crippen molar-refractivity contribution in [2.24, 2.45) is 0 Å². The molecule has 0 unspecified atom stereocenters. The average Bonchev–Trinajstić information content (AvgIpc) is 3.49. The summed E-state index contributed by atoms with van der Waals surface area (Å²) < 4.78 is 43.3. The smallest absolute Gasteiger partial charge is 0.410 e. The second-order valence-electron chi connectivity index (χ2n) is 12.1. The highest BCUT2D eigenvalue weighted by Crippen LogP contribution is 2.32. The molecule has 9 nitrogen and oxygen atoms in total. The molecule has 43 heavy (non-hydrogen) atoms. The van der Waals surface area contributed by atoms with Crippen LogP contribution in [-0.2, 0) is 16.0 Å². The molecule has 2 saturated heterocycles. The Morgan fingerprint density at radius 3 is 2.44 bits per heavy atom. The predicted molar refractivity (Wildman–Crippen MR) is 158 cm³/mol. The Hall–Kier alpha value is -3.96. The summed E-state index contributed by atoms with van der Waals surface area (Å²) in [4.78, 5) is 25.6. The number of aromatic nitrogens is 4. The quantitative estimate of drug-likeness (QED) is 0.289. The Morgan fingerprint density at radius 1 is 1.02 bits per heavy atom. The molecule has 11 heteroatoms. The molecule has 2 aliphatic rings. The van der Waals surface area contributed by atoms with E-state index in [1.807, 2.05) is 48.7 Å². The summed E-state index contributed by atoms with van der Waals surface area (Å²) >= 11 is 0. The molecule has 2 aromatic carbocycles. The van der Waals surface area contributed by atoms with Gasteiger partial charge in [0.15, 0.2) is 0 Å². The lowest BCUT2D eigenvalue weighted by Gasteiger charge is -2.33. The molecule has 0 saturated carbocycles. The van der Waals surface area contributed by atoms with Crippen molar-refractivity contribution in [1.82, 2.24) is 29.5 Å². The maximum absolute atomic E-state index is 15.2. The summed E-state index contributed by atoms with van der Waals surface area (Å²) in [6, 6.07) is 8.34. The summed E-state index contributed by atoms with van der Waals surface area (Å²) in [5, 5.41) is 4.59. The Kier molecular flexibility index (Phi) is 8.11. The lowest BCUT2D eigenvalue weighted by atomic mass is 10.0. The minimum absolute atomic E-state index is 0.0574. The first-order valence-electron chi connectivity index (χ1n) is 14.7. The normalized spacial score (nSPS) is 17.0. The van der Waals surface area contributed by atoms with Gasteiger partial charge in [-0.25, -0.2) is 18.6 Å².